The molecular weight excluding hydrogens is 396 g/mol. The van der Waals surface area contributed by atoms with Crippen molar-refractivity contribution in [2.24, 2.45) is 5.92 Å². The summed E-state index contributed by atoms with van der Waals surface area (Å²) in [6.07, 6.45) is 5.53. The van der Waals surface area contributed by atoms with E-state index in [2.05, 4.69) is 17.2 Å². The molecule has 166 valence electrons. The number of hydrogen-bond donors (Lipinski definition) is 2. The summed E-state index contributed by atoms with van der Waals surface area (Å²) in [5, 5.41) is 12.6. The predicted octanol–water partition coefficient (Wildman–Crippen LogP) is 3.87. The van der Waals surface area contributed by atoms with E-state index >= 15 is 0 Å². The molecule has 0 bridgehead atoms. The smallest absolute Gasteiger partial charge is 0.329 e. The van der Waals surface area contributed by atoms with E-state index in [1.165, 1.54) is 13.3 Å². The Labute approximate surface area is 182 Å². The quantitative estimate of drug-likeness (QED) is 0.632. The van der Waals surface area contributed by atoms with Gasteiger partial charge in [-0.15, -0.1) is 0 Å². The molecule has 1 aliphatic rings. The number of carboxylic acid groups (broad SMARTS) is 1. The second kappa shape index (κ2) is 10.3. The highest BCUT2D eigenvalue weighted by Gasteiger charge is 2.43. The first-order chi connectivity index (χ1) is 15.0. The number of carbonyl (C=O) groups is 2. The van der Waals surface area contributed by atoms with Crippen LogP contribution in [0.25, 0.3) is 0 Å². The van der Waals surface area contributed by atoms with E-state index in [4.69, 9.17) is 9.47 Å². The van der Waals surface area contributed by atoms with Gasteiger partial charge in [0.1, 0.15) is 5.54 Å². The molecule has 0 unspecified atom stereocenters. The lowest BCUT2D eigenvalue weighted by Crippen LogP contribution is -2.56. The average Bonchev–Trinajstić information content (AvgIpc) is 2.80. The maximum Gasteiger partial charge on any atom is 0.329 e. The van der Waals surface area contributed by atoms with Crippen molar-refractivity contribution in [3.8, 4) is 11.6 Å². The first-order valence-electron chi connectivity index (χ1n) is 10.7. The van der Waals surface area contributed by atoms with Gasteiger partial charge in [-0.25, -0.2) is 9.78 Å². The summed E-state index contributed by atoms with van der Waals surface area (Å²) < 4.78 is 11.1. The lowest BCUT2D eigenvalue weighted by Gasteiger charge is -2.37. The van der Waals surface area contributed by atoms with E-state index < -0.39 is 17.4 Å². The van der Waals surface area contributed by atoms with Crippen molar-refractivity contribution in [1.82, 2.24) is 10.3 Å². The predicted molar refractivity (Wildman–Crippen MR) is 117 cm³/mol. The number of nitrogens with zero attached hydrogens (tertiary/aromatic N) is 1. The van der Waals surface area contributed by atoms with E-state index in [1.54, 1.807) is 6.07 Å². The molecule has 1 heterocycles. The zero-order valence-electron chi connectivity index (χ0n) is 18.1. The molecule has 3 rings (SSSR count). The van der Waals surface area contributed by atoms with Crippen LogP contribution in [0.5, 0.6) is 11.6 Å². The van der Waals surface area contributed by atoms with Crippen LogP contribution in [0, 0.1) is 5.92 Å². The van der Waals surface area contributed by atoms with Gasteiger partial charge in [0.15, 0.2) is 5.75 Å². The Morgan fingerprint density at radius 3 is 2.55 bits per heavy atom. The van der Waals surface area contributed by atoms with Crippen molar-refractivity contribution in [2.75, 3.05) is 13.7 Å². The van der Waals surface area contributed by atoms with Crippen LogP contribution in [0.15, 0.2) is 42.6 Å². The summed E-state index contributed by atoms with van der Waals surface area (Å²) in [6, 6.07) is 11.5. The van der Waals surface area contributed by atoms with Crippen molar-refractivity contribution in [3.63, 3.8) is 0 Å². The standard InChI is InChI=1S/C24H30N2O5/c1-3-17-9-12-24(13-10-17,23(28)29)26-21(27)19-15-20(22(30-2)25-16-19)31-14-11-18-7-5-4-6-8-18/h4-8,15-17H,3,9-14H2,1-2H3,(H,26,27)(H,28,29). The minimum absolute atomic E-state index is 0.244. The number of hydrogen-bond acceptors (Lipinski definition) is 5. The van der Waals surface area contributed by atoms with Gasteiger partial charge in [-0.1, -0.05) is 43.7 Å². The third-order valence-corrected chi connectivity index (χ3v) is 6.06. The molecule has 0 aliphatic heterocycles. The lowest BCUT2D eigenvalue weighted by molar-refractivity contribution is -0.146. The third kappa shape index (κ3) is 5.54. The van der Waals surface area contributed by atoms with Crippen molar-refractivity contribution < 1.29 is 24.2 Å². The molecule has 0 saturated heterocycles. The second-order valence-corrected chi connectivity index (χ2v) is 8.01. The normalized spacial score (nSPS) is 20.6. The molecule has 7 nitrogen and oxygen atoms in total. The molecular formula is C24H30N2O5. The van der Waals surface area contributed by atoms with Crippen LogP contribution in [0.2, 0.25) is 0 Å². The molecule has 1 saturated carbocycles. The fourth-order valence-electron chi connectivity index (χ4n) is 4.00. The lowest BCUT2D eigenvalue weighted by atomic mass is 9.75. The van der Waals surface area contributed by atoms with E-state index in [9.17, 15) is 14.7 Å². The van der Waals surface area contributed by atoms with Crippen LogP contribution in [0.4, 0.5) is 0 Å². The fourth-order valence-corrected chi connectivity index (χ4v) is 4.00. The number of benzene rings is 1. The van der Waals surface area contributed by atoms with Gasteiger partial charge >= 0.3 is 5.97 Å². The Hall–Kier alpha value is -3.09. The van der Waals surface area contributed by atoms with Crippen LogP contribution in [-0.2, 0) is 11.2 Å². The van der Waals surface area contributed by atoms with E-state index in [0.717, 1.165) is 24.8 Å². The number of carbonyl (C=O) groups excluding carboxylic acids is 1. The largest absolute Gasteiger partial charge is 0.488 e. The second-order valence-electron chi connectivity index (χ2n) is 8.01. The van der Waals surface area contributed by atoms with Gasteiger partial charge in [-0.2, -0.15) is 0 Å². The number of ether oxygens (including phenoxy) is 2. The third-order valence-electron chi connectivity index (χ3n) is 6.06. The van der Waals surface area contributed by atoms with E-state index in [1.807, 2.05) is 30.3 Å². The van der Waals surface area contributed by atoms with Crippen molar-refractivity contribution in [1.29, 1.82) is 0 Å². The zero-order chi connectivity index (χ0) is 22.3. The number of nitrogens with one attached hydrogen (secondary N) is 1. The number of amides is 1. The summed E-state index contributed by atoms with van der Waals surface area (Å²) >= 11 is 0. The minimum atomic E-state index is -1.24. The van der Waals surface area contributed by atoms with Gasteiger partial charge in [-0.05, 0) is 37.2 Å². The number of carboxylic acids is 1. The summed E-state index contributed by atoms with van der Waals surface area (Å²) in [4.78, 5) is 29.1. The monoisotopic (exact) mass is 426 g/mol. The van der Waals surface area contributed by atoms with Crippen LogP contribution >= 0.6 is 0 Å². The maximum absolute atomic E-state index is 12.9. The molecule has 0 radical (unpaired) electrons. The number of rotatable bonds is 9. The van der Waals surface area contributed by atoms with Gasteiger partial charge in [-0.3, -0.25) is 4.79 Å². The van der Waals surface area contributed by atoms with Gasteiger partial charge in [0, 0.05) is 18.7 Å². The van der Waals surface area contributed by atoms with Crippen LogP contribution in [0.3, 0.4) is 0 Å². The van der Waals surface area contributed by atoms with E-state index in [-0.39, 0.29) is 11.4 Å². The average molecular weight is 427 g/mol. The molecule has 2 aromatic rings. The maximum atomic E-state index is 12.9. The summed E-state index contributed by atoms with van der Waals surface area (Å²) in [5.41, 5.74) is 0.139. The molecule has 1 aromatic heterocycles. The number of aliphatic carboxylic acids is 1. The Balaban J connectivity index is 1.70. The molecule has 1 aliphatic carbocycles. The fraction of sp³-hybridized carbons (Fsp3) is 0.458. The highest BCUT2D eigenvalue weighted by molar-refractivity contribution is 5.98. The van der Waals surface area contributed by atoms with Crippen LogP contribution < -0.4 is 14.8 Å². The van der Waals surface area contributed by atoms with Gasteiger partial charge in [0.05, 0.1) is 19.3 Å². The minimum Gasteiger partial charge on any atom is -0.488 e. The zero-order valence-corrected chi connectivity index (χ0v) is 18.1. The number of aromatic nitrogens is 1. The topological polar surface area (TPSA) is 97.8 Å². The van der Waals surface area contributed by atoms with Crippen LogP contribution in [-0.4, -0.2) is 41.2 Å². The van der Waals surface area contributed by atoms with Crippen molar-refractivity contribution in [2.45, 2.75) is 51.0 Å². The Morgan fingerprint density at radius 2 is 1.94 bits per heavy atom. The molecule has 2 N–H and O–H groups in total. The van der Waals surface area contributed by atoms with Gasteiger partial charge in [0.25, 0.3) is 11.8 Å². The first kappa shape index (κ1) is 22.6. The SMILES string of the molecule is CCC1CCC(NC(=O)c2cnc(OC)c(OCCc3ccccc3)c2)(C(=O)O)CC1. The molecule has 31 heavy (non-hydrogen) atoms. The van der Waals surface area contributed by atoms with Gasteiger partial charge in [0.2, 0.25) is 0 Å². The van der Waals surface area contributed by atoms with Gasteiger partial charge < -0.3 is 19.9 Å². The Kier molecular flexibility index (Phi) is 7.50. The molecule has 1 amide bonds. The van der Waals surface area contributed by atoms with Crippen molar-refractivity contribution in [3.05, 3.63) is 53.7 Å². The summed E-state index contributed by atoms with van der Waals surface area (Å²) in [6.45, 7) is 2.50. The highest BCUT2D eigenvalue weighted by atomic mass is 16.5. The molecule has 0 spiro atoms. The molecule has 7 heteroatoms. The Bertz CT molecular complexity index is 892. The number of methoxy groups -OCH3 is 1. The van der Waals surface area contributed by atoms with Crippen LogP contribution in [0.1, 0.15) is 54.9 Å². The van der Waals surface area contributed by atoms with E-state index in [0.29, 0.717) is 37.5 Å². The molecule has 1 fully saturated rings. The first-order valence-corrected chi connectivity index (χ1v) is 10.7. The number of pyridine rings is 1. The van der Waals surface area contributed by atoms with Crippen molar-refractivity contribution >= 4 is 11.9 Å². The summed E-state index contributed by atoms with van der Waals surface area (Å²) in [5.74, 6) is -0.320. The Morgan fingerprint density at radius 1 is 1.23 bits per heavy atom. The summed E-state index contributed by atoms with van der Waals surface area (Å²) in [7, 11) is 1.48. The molecule has 0 atom stereocenters. The molecule has 1 aromatic carbocycles. The highest BCUT2D eigenvalue weighted by Crippen LogP contribution is 2.34.